The molecule has 2 rings (SSSR count). The summed E-state index contributed by atoms with van der Waals surface area (Å²) in [5.41, 5.74) is 0.715. The van der Waals surface area contributed by atoms with E-state index in [0.717, 1.165) is 4.47 Å². The molecule has 1 unspecified atom stereocenters. The fraction of sp³-hybridized carbons (Fsp3) is 0.350. The van der Waals surface area contributed by atoms with Crippen molar-refractivity contribution >= 4 is 31.9 Å². The topological polar surface area (TPSA) is 72.5 Å². The molecule has 146 valence electrons. The van der Waals surface area contributed by atoms with E-state index in [9.17, 15) is 13.2 Å². The molecule has 1 amide bonds. The van der Waals surface area contributed by atoms with Gasteiger partial charge >= 0.3 is 6.09 Å². The fourth-order valence-electron chi connectivity index (χ4n) is 2.51. The van der Waals surface area contributed by atoms with Crippen LogP contribution in [0.4, 0.5) is 4.79 Å². The van der Waals surface area contributed by atoms with Crippen molar-refractivity contribution in [3.05, 3.63) is 64.6 Å². The average Bonchev–Trinajstić information content (AvgIpc) is 2.61. The molecule has 0 aliphatic heterocycles. The minimum Gasteiger partial charge on any atom is -0.410 e. The van der Waals surface area contributed by atoms with Gasteiger partial charge in [-0.3, -0.25) is 0 Å². The lowest BCUT2D eigenvalue weighted by Crippen LogP contribution is -2.45. The Balaban J connectivity index is 2.07. The number of amides is 1. The van der Waals surface area contributed by atoms with Crippen molar-refractivity contribution in [1.82, 2.24) is 5.32 Å². The first kappa shape index (κ1) is 21.4. The van der Waals surface area contributed by atoms with Gasteiger partial charge in [0.05, 0.1) is 11.0 Å². The van der Waals surface area contributed by atoms with E-state index in [0.29, 0.717) is 11.3 Å². The standard InChI is InChI=1S/C20H24BrNO4S/c1-14(2)19(22-20(23)26-18-7-5-4-6-8-18)13-27(24,25)15(3)16-9-11-17(21)12-10-16/h4-12,14-15,19H,13H2,1-3H3,(H,22,23)/t15?,19-/m1/s1. The molecule has 0 bridgehead atoms. The zero-order valence-corrected chi connectivity index (χ0v) is 18.0. The number of halogens is 1. The molecular weight excluding hydrogens is 430 g/mol. The maximum Gasteiger partial charge on any atom is 0.412 e. The highest BCUT2D eigenvalue weighted by Gasteiger charge is 2.29. The molecule has 0 radical (unpaired) electrons. The number of hydrogen-bond acceptors (Lipinski definition) is 4. The number of carbonyl (C=O) groups is 1. The number of carbonyl (C=O) groups excluding carboxylic acids is 1. The molecule has 0 saturated carbocycles. The Bertz CT molecular complexity index is 851. The summed E-state index contributed by atoms with van der Waals surface area (Å²) in [6.07, 6.45) is -0.661. The van der Waals surface area contributed by atoms with Gasteiger partial charge in [-0.25, -0.2) is 13.2 Å². The van der Waals surface area contributed by atoms with Gasteiger partial charge in [-0.2, -0.15) is 0 Å². The normalized spacial score (nSPS) is 13.8. The van der Waals surface area contributed by atoms with E-state index in [1.165, 1.54) is 0 Å². The summed E-state index contributed by atoms with van der Waals surface area (Å²) in [5.74, 6) is 0.176. The lowest BCUT2D eigenvalue weighted by atomic mass is 10.1. The summed E-state index contributed by atoms with van der Waals surface area (Å²) in [6.45, 7) is 5.40. The van der Waals surface area contributed by atoms with E-state index in [1.54, 1.807) is 43.3 Å². The van der Waals surface area contributed by atoms with Crippen LogP contribution in [-0.4, -0.2) is 26.3 Å². The third kappa shape index (κ3) is 6.36. The predicted octanol–water partition coefficient (Wildman–Crippen LogP) is 4.74. The van der Waals surface area contributed by atoms with Gasteiger partial charge in [-0.15, -0.1) is 0 Å². The predicted molar refractivity (Wildman–Crippen MR) is 111 cm³/mol. The van der Waals surface area contributed by atoms with Crippen molar-refractivity contribution in [2.75, 3.05) is 5.75 Å². The van der Waals surface area contributed by atoms with Crippen molar-refractivity contribution < 1.29 is 17.9 Å². The molecule has 2 atom stereocenters. The summed E-state index contributed by atoms with van der Waals surface area (Å²) in [7, 11) is -3.47. The van der Waals surface area contributed by atoms with E-state index in [-0.39, 0.29) is 11.7 Å². The summed E-state index contributed by atoms with van der Waals surface area (Å²) >= 11 is 3.35. The quantitative estimate of drug-likeness (QED) is 0.656. The zero-order chi connectivity index (χ0) is 20.0. The Kier molecular flexibility index (Phi) is 7.44. The van der Waals surface area contributed by atoms with E-state index < -0.39 is 27.2 Å². The molecule has 0 saturated heterocycles. The van der Waals surface area contributed by atoms with Gasteiger partial charge in [0, 0.05) is 10.5 Å². The molecule has 0 aromatic heterocycles. The number of nitrogens with one attached hydrogen (secondary N) is 1. The van der Waals surface area contributed by atoms with Gasteiger partial charge in [-0.1, -0.05) is 60.1 Å². The number of benzene rings is 2. The third-order valence-electron chi connectivity index (χ3n) is 4.35. The SMILES string of the molecule is CC(C)[C@@H](CS(=O)(=O)C(C)c1ccc(Br)cc1)NC(=O)Oc1ccccc1. The second-order valence-corrected chi connectivity index (χ2v) is 10.0. The van der Waals surface area contributed by atoms with Crippen LogP contribution < -0.4 is 10.1 Å². The molecule has 0 heterocycles. The Labute approximate surface area is 169 Å². The molecule has 0 spiro atoms. The Morgan fingerprint density at radius 1 is 1.04 bits per heavy atom. The Morgan fingerprint density at radius 3 is 2.19 bits per heavy atom. The minimum atomic E-state index is -3.47. The van der Waals surface area contributed by atoms with Crippen LogP contribution in [0.3, 0.4) is 0 Å². The number of rotatable bonds is 7. The van der Waals surface area contributed by atoms with Crippen molar-refractivity contribution in [2.24, 2.45) is 5.92 Å². The van der Waals surface area contributed by atoms with Crippen LogP contribution in [0.25, 0.3) is 0 Å². The number of sulfone groups is 1. The second-order valence-electron chi connectivity index (χ2n) is 6.72. The molecule has 27 heavy (non-hydrogen) atoms. The molecule has 0 aliphatic rings. The summed E-state index contributed by atoms with van der Waals surface area (Å²) < 4.78 is 31.8. The molecular formula is C20H24BrNO4S. The minimum absolute atomic E-state index is 0.0692. The van der Waals surface area contributed by atoms with Crippen molar-refractivity contribution in [3.63, 3.8) is 0 Å². The van der Waals surface area contributed by atoms with Crippen molar-refractivity contribution in [3.8, 4) is 5.75 Å². The second kappa shape index (κ2) is 9.37. The zero-order valence-electron chi connectivity index (χ0n) is 15.6. The molecule has 7 heteroatoms. The number of para-hydroxylation sites is 1. The van der Waals surface area contributed by atoms with Gasteiger partial charge in [0.1, 0.15) is 5.75 Å². The smallest absolute Gasteiger partial charge is 0.410 e. The first-order chi connectivity index (χ1) is 12.7. The Hall–Kier alpha value is -1.86. The largest absolute Gasteiger partial charge is 0.412 e. The van der Waals surface area contributed by atoms with Gasteiger partial charge in [0.2, 0.25) is 0 Å². The molecule has 2 aromatic rings. The summed E-state index contributed by atoms with van der Waals surface area (Å²) in [6, 6.07) is 15.3. The van der Waals surface area contributed by atoms with Gasteiger partial charge in [0.25, 0.3) is 0 Å². The highest BCUT2D eigenvalue weighted by molar-refractivity contribution is 9.10. The van der Waals surface area contributed by atoms with E-state index in [1.807, 2.05) is 32.0 Å². The van der Waals surface area contributed by atoms with E-state index in [2.05, 4.69) is 21.2 Å². The molecule has 2 aromatic carbocycles. The highest BCUT2D eigenvalue weighted by atomic mass is 79.9. The molecule has 5 nitrogen and oxygen atoms in total. The maximum absolute atomic E-state index is 12.9. The average molecular weight is 454 g/mol. The highest BCUT2D eigenvalue weighted by Crippen LogP contribution is 2.25. The summed E-state index contributed by atoms with van der Waals surface area (Å²) in [4.78, 5) is 12.2. The first-order valence-corrected chi connectivity index (χ1v) is 11.2. The lowest BCUT2D eigenvalue weighted by molar-refractivity contribution is 0.193. The van der Waals surface area contributed by atoms with Gasteiger partial charge in [0.15, 0.2) is 9.84 Å². The lowest BCUT2D eigenvalue weighted by Gasteiger charge is -2.24. The van der Waals surface area contributed by atoms with Crippen LogP contribution >= 0.6 is 15.9 Å². The van der Waals surface area contributed by atoms with Crippen LogP contribution in [0.5, 0.6) is 5.75 Å². The monoisotopic (exact) mass is 453 g/mol. The number of hydrogen-bond donors (Lipinski definition) is 1. The van der Waals surface area contributed by atoms with Gasteiger partial charge in [-0.05, 0) is 42.7 Å². The van der Waals surface area contributed by atoms with E-state index >= 15 is 0 Å². The summed E-state index contributed by atoms with van der Waals surface area (Å²) in [5, 5.41) is 2.02. The first-order valence-electron chi connectivity index (χ1n) is 8.69. The van der Waals surface area contributed by atoms with Crippen molar-refractivity contribution in [2.45, 2.75) is 32.1 Å². The van der Waals surface area contributed by atoms with Crippen LogP contribution in [0, 0.1) is 5.92 Å². The van der Waals surface area contributed by atoms with Crippen LogP contribution in [0.1, 0.15) is 31.6 Å². The van der Waals surface area contributed by atoms with Crippen molar-refractivity contribution in [1.29, 1.82) is 0 Å². The number of ether oxygens (including phenoxy) is 1. The fourth-order valence-corrected chi connectivity index (χ4v) is 4.61. The van der Waals surface area contributed by atoms with Crippen LogP contribution in [0.2, 0.25) is 0 Å². The molecule has 0 fully saturated rings. The molecule has 0 aliphatic carbocycles. The van der Waals surface area contributed by atoms with Crippen LogP contribution in [-0.2, 0) is 9.84 Å². The molecule has 1 N–H and O–H groups in total. The van der Waals surface area contributed by atoms with Crippen LogP contribution in [0.15, 0.2) is 59.1 Å². The van der Waals surface area contributed by atoms with E-state index in [4.69, 9.17) is 4.74 Å². The Morgan fingerprint density at radius 2 is 1.63 bits per heavy atom. The van der Waals surface area contributed by atoms with Gasteiger partial charge < -0.3 is 10.1 Å². The third-order valence-corrected chi connectivity index (χ3v) is 7.05. The maximum atomic E-state index is 12.9.